The molecule has 1 aromatic heterocycles. The number of aryl methyl sites for hydroxylation is 1. The molecule has 1 saturated carbocycles. The van der Waals surface area contributed by atoms with Gasteiger partial charge in [-0.05, 0) is 56.8 Å². The van der Waals surface area contributed by atoms with E-state index < -0.39 is 12.0 Å². The van der Waals surface area contributed by atoms with Gasteiger partial charge in [-0.25, -0.2) is 14.8 Å². The lowest BCUT2D eigenvalue weighted by molar-refractivity contribution is -0.148. The van der Waals surface area contributed by atoms with Crippen LogP contribution in [0.4, 0.5) is 5.82 Å². The lowest BCUT2D eigenvalue weighted by Gasteiger charge is -2.40. The lowest BCUT2D eigenvalue weighted by Crippen LogP contribution is -2.44. The highest BCUT2D eigenvalue weighted by Crippen LogP contribution is 2.46. The number of hydrogen-bond acceptors (Lipinski definition) is 5. The number of carboxylic acid groups (broad SMARTS) is 1. The van der Waals surface area contributed by atoms with E-state index in [4.69, 9.17) is 0 Å². The van der Waals surface area contributed by atoms with E-state index in [9.17, 15) is 14.7 Å². The maximum Gasteiger partial charge on any atom is 0.326 e. The Morgan fingerprint density at radius 3 is 2.63 bits per heavy atom. The molecule has 2 aliphatic carbocycles. The maximum atomic E-state index is 12.6. The zero-order valence-corrected chi connectivity index (χ0v) is 15.6. The first-order chi connectivity index (χ1) is 13.1. The largest absolute Gasteiger partial charge is 0.480 e. The van der Waals surface area contributed by atoms with Crippen LogP contribution in [0.25, 0.3) is 0 Å². The van der Waals surface area contributed by atoms with Gasteiger partial charge >= 0.3 is 5.97 Å². The summed E-state index contributed by atoms with van der Waals surface area (Å²) in [6.45, 7) is 2.36. The fourth-order valence-electron chi connectivity index (χ4n) is 5.24. The Kier molecular flexibility index (Phi) is 3.88. The molecule has 1 N–H and O–H groups in total. The second-order valence-electron chi connectivity index (χ2n) is 8.76. The molecule has 1 aromatic rings. The molecule has 0 bridgehead atoms. The topological polar surface area (TPSA) is 86.6 Å². The predicted molar refractivity (Wildman–Crippen MR) is 98.4 cm³/mol. The van der Waals surface area contributed by atoms with E-state index in [1.165, 1.54) is 11.3 Å². The van der Waals surface area contributed by atoms with Gasteiger partial charge in [-0.1, -0.05) is 0 Å². The average Bonchev–Trinajstić information content (AvgIpc) is 3.29. The Balaban J connectivity index is 1.32. The van der Waals surface area contributed by atoms with E-state index in [1.54, 1.807) is 11.2 Å². The molecule has 3 heterocycles. The molecule has 27 heavy (non-hydrogen) atoms. The molecule has 1 atom stereocenters. The number of hydrogen-bond donors (Lipinski definition) is 1. The minimum Gasteiger partial charge on any atom is -0.480 e. The summed E-state index contributed by atoms with van der Waals surface area (Å²) in [7, 11) is 0. The lowest BCUT2D eigenvalue weighted by atomic mass is 9.76. The molecule has 1 unspecified atom stereocenters. The van der Waals surface area contributed by atoms with Crippen LogP contribution in [0, 0.1) is 11.3 Å². The summed E-state index contributed by atoms with van der Waals surface area (Å²) >= 11 is 0. The third-order valence-electron chi connectivity index (χ3n) is 6.98. The van der Waals surface area contributed by atoms with Crippen LogP contribution in [-0.2, 0) is 22.4 Å². The number of fused-ring (bicyclic) bond motifs is 1. The minimum atomic E-state index is -0.850. The van der Waals surface area contributed by atoms with Crippen LogP contribution >= 0.6 is 0 Å². The van der Waals surface area contributed by atoms with Crippen molar-refractivity contribution in [3.63, 3.8) is 0 Å². The molecule has 0 radical (unpaired) electrons. The Morgan fingerprint density at radius 2 is 1.93 bits per heavy atom. The van der Waals surface area contributed by atoms with Crippen molar-refractivity contribution >= 4 is 17.7 Å². The van der Waals surface area contributed by atoms with Gasteiger partial charge in [-0.15, -0.1) is 0 Å². The van der Waals surface area contributed by atoms with Gasteiger partial charge < -0.3 is 14.9 Å². The molecular weight excluding hydrogens is 344 g/mol. The van der Waals surface area contributed by atoms with Crippen LogP contribution in [0.15, 0.2) is 6.33 Å². The third kappa shape index (κ3) is 2.87. The number of carbonyl (C=O) groups is 2. The smallest absolute Gasteiger partial charge is 0.326 e. The van der Waals surface area contributed by atoms with Gasteiger partial charge in [0, 0.05) is 36.8 Å². The number of nitrogens with zero attached hydrogens (tertiary/aromatic N) is 4. The van der Waals surface area contributed by atoms with Gasteiger partial charge in [0.2, 0.25) is 5.91 Å². The van der Waals surface area contributed by atoms with Crippen molar-refractivity contribution in [1.29, 1.82) is 0 Å². The van der Waals surface area contributed by atoms with Crippen LogP contribution in [-0.4, -0.2) is 57.5 Å². The molecule has 144 valence electrons. The Hall–Kier alpha value is -2.18. The normalized spacial score (nSPS) is 26.4. The highest BCUT2D eigenvalue weighted by molar-refractivity contribution is 5.87. The second-order valence-corrected chi connectivity index (χ2v) is 8.76. The summed E-state index contributed by atoms with van der Waals surface area (Å²) in [4.78, 5) is 37.4. The molecule has 2 aliphatic heterocycles. The molecular formula is C20H26N4O3. The van der Waals surface area contributed by atoms with Crippen molar-refractivity contribution < 1.29 is 14.7 Å². The molecule has 0 aromatic carbocycles. The number of carboxylic acids is 1. The summed E-state index contributed by atoms with van der Waals surface area (Å²) in [6, 6.07) is -0.645. The predicted octanol–water partition coefficient (Wildman–Crippen LogP) is 1.65. The fourth-order valence-corrected chi connectivity index (χ4v) is 5.24. The SMILES string of the molecule is O=C(O)C1CC2(CCN(c3ncnc4c3CCC4)CC2)CN1C(=O)C1CC1. The van der Waals surface area contributed by atoms with Gasteiger partial charge in [0.1, 0.15) is 18.2 Å². The summed E-state index contributed by atoms with van der Waals surface area (Å²) in [5.74, 6) is 0.365. The van der Waals surface area contributed by atoms with Crippen LogP contribution in [0.3, 0.4) is 0 Å². The summed E-state index contributed by atoms with van der Waals surface area (Å²) in [6.07, 6.45) is 9.19. The summed E-state index contributed by atoms with van der Waals surface area (Å²) < 4.78 is 0. The first-order valence-corrected chi connectivity index (χ1v) is 10.2. The van der Waals surface area contributed by atoms with Crippen LogP contribution in [0.1, 0.15) is 49.8 Å². The van der Waals surface area contributed by atoms with Gasteiger partial charge in [0.05, 0.1) is 0 Å². The first kappa shape index (κ1) is 17.0. The molecule has 1 amide bonds. The monoisotopic (exact) mass is 370 g/mol. The van der Waals surface area contributed by atoms with Gasteiger partial charge in [-0.3, -0.25) is 4.79 Å². The van der Waals surface area contributed by atoms with E-state index >= 15 is 0 Å². The number of carbonyl (C=O) groups excluding carboxylic acids is 1. The summed E-state index contributed by atoms with van der Waals surface area (Å²) in [5, 5.41) is 9.66. The molecule has 3 fully saturated rings. The van der Waals surface area contributed by atoms with E-state index in [0.717, 1.165) is 63.9 Å². The van der Waals surface area contributed by atoms with Crippen molar-refractivity contribution in [2.45, 2.75) is 57.4 Å². The van der Waals surface area contributed by atoms with Crippen LogP contribution in [0.5, 0.6) is 0 Å². The molecule has 4 aliphatic rings. The number of aliphatic carboxylic acids is 1. The van der Waals surface area contributed by atoms with Crippen molar-refractivity contribution in [2.75, 3.05) is 24.5 Å². The van der Waals surface area contributed by atoms with Crippen molar-refractivity contribution in [2.24, 2.45) is 11.3 Å². The zero-order chi connectivity index (χ0) is 18.6. The van der Waals surface area contributed by atoms with Gasteiger partial charge in [-0.2, -0.15) is 0 Å². The number of likely N-dealkylation sites (tertiary alicyclic amines) is 1. The number of piperidine rings is 1. The summed E-state index contributed by atoms with van der Waals surface area (Å²) in [5.41, 5.74) is 2.43. The first-order valence-electron chi connectivity index (χ1n) is 10.2. The fraction of sp³-hybridized carbons (Fsp3) is 0.700. The van der Waals surface area contributed by atoms with Crippen molar-refractivity contribution in [3.05, 3.63) is 17.6 Å². The van der Waals surface area contributed by atoms with E-state index in [-0.39, 0.29) is 17.2 Å². The highest BCUT2D eigenvalue weighted by Gasteiger charge is 2.52. The average molecular weight is 370 g/mol. The maximum absolute atomic E-state index is 12.6. The van der Waals surface area contributed by atoms with E-state index in [2.05, 4.69) is 14.9 Å². The number of rotatable bonds is 3. The molecule has 5 rings (SSSR count). The zero-order valence-electron chi connectivity index (χ0n) is 15.6. The van der Waals surface area contributed by atoms with E-state index in [0.29, 0.717) is 13.0 Å². The van der Waals surface area contributed by atoms with E-state index in [1.807, 2.05) is 0 Å². The van der Waals surface area contributed by atoms with Crippen LogP contribution in [0.2, 0.25) is 0 Å². The standard InChI is InChI=1S/C20H26N4O3/c25-18(13-4-5-13)24-11-20(10-16(24)19(26)27)6-8-23(9-7-20)17-14-2-1-3-15(14)21-12-22-17/h12-13,16H,1-11H2,(H,26,27). The number of anilines is 1. The number of amides is 1. The Morgan fingerprint density at radius 1 is 1.15 bits per heavy atom. The van der Waals surface area contributed by atoms with Crippen LogP contribution < -0.4 is 4.90 Å². The van der Waals surface area contributed by atoms with Crippen molar-refractivity contribution in [1.82, 2.24) is 14.9 Å². The van der Waals surface area contributed by atoms with Gasteiger partial charge in [0.25, 0.3) is 0 Å². The molecule has 7 nitrogen and oxygen atoms in total. The molecule has 2 saturated heterocycles. The molecule has 1 spiro atoms. The second kappa shape index (κ2) is 6.17. The van der Waals surface area contributed by atoms with Crippen molar-refractivity contribution in [3.8, 4) is 0 Å². The van der Waals surface area contributed by atoms with Gasteiger partial charge in [0.15, 0.2) is 0 Å². The quantitative estimate of drug-likeness (QED) is 0.871. The minimum absolute atomic E-state index is 0.0552. The Bertz CT molecular complexity index is 783. The third-order valence-corrected chi connectivity index (χ3v) is 6.98. The highest BCUT2D eigenvalue weighted by atomic mass is 16.4. The molecule has 7 heteroatoms. The Labute approximate surface area is 158 Å². The number of aromatic nitrogens is 2.